The number of aryl methyl sites for hydroxylation is 2. The molecule has 0 saturated heterocycles. The molecular formula is C28H29NO5. The standard InChI is InChI=1S/C28H29NO5/c1-3-4-5-20-6-8-22(9-7-20)27-16-23(19(2)34-27)18-32-24-12-10-21(11-13-24)25(17-28(30)31)26-14-15-33-29-26/h6-16,25H,3-5,17-18H2,1-2H3,(H,30,31). The SMILES string of the molecule is CCCCc1ccc(-c2cc(COc3ccc(C(CC(=O)O)c4ccon4)cc3)c(C)o2)cc1. The van der Waals surface area contributed by atoms with Gasteiger partial charge in [-0.1, -0.05) is 54.9 Å². The summed E-state index contributed by atoms with van der Waals surface area (Å²) in [5, 5.41) is 13.2. The summed E-state index contributed by atoms with van der Waals surface area (Å²) in [6, 6.07) is 19.7. The number of aromatic nitrogens is 1. The fraction of sp³-hybridized carbons (Fsp3) is 0.286. The molecule has 1 unspecified atom stereocenters. The second-order valence-electron chi connectivity index (χ2n) is 8.43. The summed E-state index contributed by atoms with van der Waals surface area (Å²) >= 11 is 0. The maximum atomic E-state index is 11.3. The van der Waals surface area contributed by atoms with E-state index in [4.69, 9.17) is 13.7 Å². The van der Waals surface area contributed by atoms with Gasteiger partial charge in [0.15, 0.2) is 0 Å². The predicted molar refractivity (Wildman–Crippen MR) is 129 cm³/mol. The lowest BCUT2D eigenvalue weighted by molar-refractivity contribution is -0.137. The zero-order valence-corrected chi connectivity index (χ0v) is 19.5. The van der Waals surface area contributed by atoms with Crippen LogP contribution in [0.2, 0.25) is 0 Å². The molecular weight excluding hydrogens is 430 g/mol. The van der Waals surface area contributed by atoms with Crippen LogP contribution in [0, 0.1) is 6.92 Å². The maximum Gasteiger partial charge on any atom is 0.304 e. The molecule has 34 heavy (non-hydrogen) atoms. The molecule has 0 aliphatic rings. The molecule has 1 atom stereocenters. The third-order valence-electron chi connectivity index (χ3n) is 5.95. The first kappa shape index (κ1) is 23.4. The van der Waals surface area contributed by atoms with Crippen LogP contribution in [0.5, 0.6) is 5.75 Å². The Morgan fingerprint density at radius 2 is 1.85 bits per heavy atom. The number of furan rings is 1. The summed E-state index contributed by atoms with van der Waals surface area (Å²) in [6.07, 6.45) is 4.87. The van der Waals surface area contributed by atoms with Gasteiger partial charge in [-0.15, -0.1) is 0 Å². The van der Waals surface area contributed by atoms with Gasteiger partial charge in [-0.2, -0.15) is 0 Å². The summed E-state index contributed by atoms with van der Waals surface area (Å²) in [6.45, 7) is 4.52. The van der Waals surface area contributed by atoms with Crippen molar-refractivity contribution in [3.8, 4) is 17.1 Å². The number of carboxylic acid groups (broad SMARTS) is 1. The molecule has 6 heteroatoms. The molecule has 0 aliphatic heterocycles. The van der Waals surface area contributed by atoms with Gasteiger partial charge < -0.3 is 18.8 Å². The van der Waals surface area contributed by atoms with Gasteiger partial charge in [0.2, 0.25) is 0 Å². The van der Waals surface area contributed by atoms with E-state index in [1.54, 1.807) is 6.07 Å². The largest absolute Gasteiger partial charge is 0.489 e. The zero-order valence-electron chi connectivity index (χ0n) is 19.5. The quantitative estimate of drug-likeness (QED) is 0.266. The van der Waals surface area contributed by atoms with Crippen LogP contribution >= 0.6 is 0 Å². The van der Waals surface area contributed by atoms with Gasteiger partial charge in [-0.25, -0.2) is 0 Å². The van der Waals surface area contributed by atoms with E-state index in [9.17, 15) is 9.90 Å². The van der Waals surface area contributed by atoms with Crippen molar-refractivity contribution in [1.82, 2.24) is 5.16 Å². The Bertz CT molecular complexity index is 1190. The molecule has 4 rings (SSSR count). The second-order valence-corrected chi connectivity index (χ2v) is 8.43. The molecule has 1 N–H and O–H groups in total. The van der Waals surface area contributed by atoms with E-state index in [1.807, 2.05) is 37.3 Å². The van der Waals surface area contributed by atoms with E-state index in [2.05, 4.69) is 36.3 Å². The van der Waals surface area contributed by atoms with Crippen molar-refractivity contribution in [1.29, 1.82) is 0 Å². The van der Waals surface area contributed by atoms with Crippen LogP contribution in [0.3, 0.4) is 0 Å². The van der Waals surface area contributed by atoms with Crippen molar-refractivity contribution in [2.75, 3.05) is 0 Å². The molecule has 2 aromatic carbocycles. The Morgan fingerprint density at radius 1 is 1.09 bits per heavy atom. The first-order chi connectivity index (χ1) is 16.5. The lowest BCUT2D eigenvalue weighted by Gasteiger charge is -2.13. The first-order valence-corrected chi connectivity index (χ1v) is 11.6. The number of hydrogen-bond donors (Lipinski definition) is 1. The van der Waals surface area contributed by atoms with Crippen LogP contribution in [0.25, 0.3) is 11.3 Å². The van der Waals surface area contributed by atoms with Gasteiger partial charge in [0.25, 0.3) is 0 Å². The number of rotatable bonds is 11. The third-order valence-corrected chi connectivity index (χ3v) is 5.95. The van der Waals surface area contributed by atoms with Gasteiger partial charge in [0.05, 0.1) is 12.1 Å². The van der Waals surface area contributed by atoms with Crippen LogP contribution in [0.4, 0.5) is 0 Å². The maximum absolute atomic E-state index is 11.3. The van der Waals surface area contributed by atoms with Gasteiger partial charge in [-0.05, 0) is 49.1 Å². The summed E-state index contributed by atoms with van der Waals surface area (Å²) in [4.78, 5) is 11.3. The normalized spacial score (nSPS) is 11.9. The van der Waals surface area contributed by atoms with Gasteiger partial charge in [0.1, 0.15) is 30.1 Å². The predicted octanol–water partition coefficient (Wildman–Crippen LogP) is 6.77. The molecule has 0 fully saturated rings. The van der Waals surface area contributed by atoms with Crippen LogP contribution in [-0.2, 0) is 17.8 Å². The van der Waals surface area contributed by atoms with Crippen molar-refractivity contribution in [3.05, 3.63) is 95.1 Å². The highest BCUT2D eigenvalue weighted by Crippen LogP contribution is 2.30. The molecule has 2 aromatic heterocycles. The third kappa shape index (κ3) is 5.76. The van der Waals surface area contributed by atoms with Crippen molar-refractivity contribution in [2.45, 2.75) is 52.1 Å². The molecule has 2 heterocycles. The van der Waals surface area contributed by atoms with Gasteiger partial charge in [0, 0.05) is 23.1 Å². The van der Waals surface area contributed by atoms with E-state index in [1.165, 1.54) is 24.7 Å². The molecule has 176 valence electrons. The number of carbonyl (C=O) groups is 1. The van der Waals surface area contributed by atoms with Crippen LogP contribution in [0.15, 0.2) is 75.9 Å². The van der Waals surface area contributed by atoms with Gasteiger partial charge in [-0.3, -0.25) is 4.79 Å². The fourth-order valence-corrected chi connectivity index (χ4v) is 3.95. The summed E-state index contributed by atoms with van der Waals surface area (Å²) < 4.78 is 16.9. The van der Waals surface area contributed by atoms with E-state index < -0.39 is 5.97 Å². The van der Waals surface area contributed by atoms with Crippen molar-refractivity contribution in [2.24, 2.45) is 0 Å². The lowest BCUT2D eigenvalue weighted by Crippen LogP contribution is -2.08. The van der Waals surface area contributed by atoms with Crippen molar-refractivity contribution in [3.63, 3.8) is 0 Å². The highest BCUT2D eigenvalue weighted by Gasteiger charge is 2.20. The Morgan fingerprint density at radius 3 is 2.50 bits per heavy atom. The molecule has 0 spiro atoms. The van der Waals surface area contributed by atoms with E-state index in [0.29, 0.717) is 18.1 Å². The smallest absolute Gasteiger partial charge is 0.304 e. The Kier molecular flexibility index (Phi) is 7.48. The number of hydrogen-bond acceptors (Lipinski definition) is 5. The molecule has 0 amide bonds. The highest BCUT2D eigenvalue weighted by molar-refractivity contribution is 5.69. The zero-order chi connectivity index (χ0) is 23.9. The number of aliphatic carboxylic acids is 1. The first-order valence-electron chi connectivity index (χ1n) is 11.6. The highest BCUT2D eigenvalue weighted by atomic mass is 16.5. The van der Waals surface area contributed by atoms with Gasteiger partial charge >= 0.3 is 5.97 Å². The Hall–Kier alpha value is -3.80. The number of benzene rings is 2. The van der Waals surface area contributed by atoms with E-state index in [-0.39, 0.29) is 12.3 Å². The van der Waals surface area contributed by atoms with E-state index in [0.717, 1.165) is 34.6 Å². The molecule has 0 aliphatic carbocycles. The number of ether oxygens (including phenoxy) is 1. The fourth-order valence-electron chi connectivity index (χ4n) is 3.95. The molecule has 6 nitrogen and oxygen atoms in total. The van der Waals surface area contributed by atoms with Crippen LogP contribution < -0.4 is 4.74 Å². The van der Waals surface area contributed by atoms with Crippen molar-refractivity contribution < 1.29 is 23.6 Å². The number of nitrogens with zero attached hydrogens (tertiary/aromatic N) is 1. The topological polar surface area (TPSA) is 85.7 Å². The minimum absolute atomic E-state index is 0.0662. The second kappa shape index (κ2) is 10.9. The summed E-state index contributed by atoms with van der Waals surface area (Å²) in [7, 11) is 0. The van der Waals surface area contributed by atoms with Crippen LogP contribution in [0.1, 0.15) is 60.2 Å². The minimum Gasteiger partial charge on any atom is -0.489 e. The Balaban J connectivity index is 1.41. The van der Waals surface area contributed by atoms with Crippen LogP contribution in [-0.4, -0.2) is 16.2 Å². The lowest BCUT2D eigenvalue weighted by atomic mass is 9.92. The minimum atomic E-state index is -0.893. The monoisotopic (exact) mass is 459 g/mol. The number of unbranched alkanes of at least 4 members (excludes halogenated alkanes) is 1. The average molecular weight is 460 g/mol. The Labute approximate surface area is 199 Å². The molecule has 0 bridgehead atoms. The van der Waals surface area contributed by atoms with Crippen molar-refractivity contribution >= 4 is 5.97 Å². The molecule has 0 radical (unpaired) electrons. The molecule has 0 saturated carbocycles. The summed E-state index contributed by atoms with van der Waals surface area (Å²) in [5.74, 6) is 1.08. The number of carboxylic acids is 1. The molecule has 4 aromatic rings. The average Bonchev–Trinajstić information content (AvgIpc) is 3.51. The summed E-state index contributed by atoms with van der Waals surface area (Å²) in [5.41, 5.74) is 4.82. The van der Waals surface area contributed by atoms with E-state index >= 15 is 0 Å².